The highest BCUT2D eigenvalue weighted by molar-refractivity contribution is 5.61. The maximum absolute atomic E-state index is 13.3. The first-order valence-corrected chi connectivity index (χ1v) is 7.65. The average molecular weight is 310 g/mol. The number of nitrogens with one attached hydrogen (secondary N) is 1. The highest BCUT2D eigenvalue weighted by atomic mass is 19.1. The molecule has 2 rings (SSSR count). The zero-order chi connectivity index (χ0) is 16.1. The Bertz CT molecular complexity index is 518. The van der Waals surface area contributed by atoms with E-state index in [2.05, 4.69) is 29.0 Å². The number of nitrogens with zero attached hydrogens (tertiary/aromatic N) is 3. The Kier molecular flexibility index (Phi) is 5.68. The Morgan fingerprint density at radius 1 is 1.36 bits per heavy atom. The Labute approximate surface area is 130 Å². The van der Waals surface area contributed by atoms with Gasteiger partial charge in [-0.05, 0) is 19.5 Å². The van der Waals surface area contributed by atoms with Gasteiger partial charge in [0.15, 0.2) is 0 Å². The summed E-state index contributed by atoms with van der Waals surface area (Å²) in [6.45, 7) is 9.92. The van der Waals surface area contributed by atoms with E-state index in [1.54, 1.807) is 0 Å². The predicted molar refractivity (Wildman–Crippen MR) is 84.7 cm³/mol. The monoisotopic (exact) mass is 310 g/mol. The van der Waals surface area contributed by atoms with Gasteiger partial charge in [0.1, 0.15) is 11.5 Å². The van der Waals surface area contributed by atoms with E-state index in [0.29, 0.717) is 6.54 Å². The van der Waals surface area contributed by atoms with Gasteiger partial charge in [-0.15, -0.1) is 0 Å². The van der Waals surface area contributed by atoms with Gasteiger partial charge >= 0.3 is 0 Å². The first-order valence-electron chi connectivity index (χ1n) is 7.65. The number of hydrogen-bond acceptors (Lipinski definition) is 5. The molecule has 1 aromatic rings. The second kappa shape index (κ2) is 7.51. The molecule has 1 atom stereocenters. The predicted octanol–water partition coefficient (Wildman–Crippen LogP) is 2.17. The summed E-state index contributed by atoms with van der Waals surface area (Å²) in [5, 5.41) is 14.0. The molecule has 0 aliphatic carbocycles. The maximum Gasteiger partial charge on any atom is 0.292 e. The van der Waals surface area contributed by atoms with E-state index in [0.717, 1.165) is 38.8 Å². The fourth-order valence-electron chi connectivity index (χ4n) is 2.72. The van der Waals surface area contributed by atoms with Crippen molar-refractivity contribution in [2.45, 2.75) is 19.9 Å². The Balaban J connectivity index is 1.92. The van der Waals surface area contributed by atoms with E-state index in [1.807, 2.05) is 0 Å². The molecular weight excluding hydrogens is 287 g/mol. The van der Waals surface area contributed by atoms with Crippen molar-refractivity contribution in [3.63, 3.8) is 0 Å². The van der Waals surface area contributed by atoms with Crippen LogP contribution in [0.15, 0.2) is 18.2 Å². The number of halogens is 1. The molecule has 0 bridgehead atoms. The van der Waals surface area contributed by atoms with E-state index in [-0.39, 0.29) is 17.4 Å². The average Bonchev–Trinajstić information content (AvgIpc) is 2.52. The van der Waals surface area contributed by atoms with E-state index in [9.17, 15) is 14.5 Å². The van der Waals surface area contributed by atoms with Crippen LogP contribution in [-0.4, -0.2) is 60.0 Å². The van der Waals surface area contributed by atoms with Crippen molar-refractivity contribution in [2.75, 3.05) is 44.6 Å². The second-order valence-corrected chi connectivity index (χ2v) is 5.62. The summed E-state index contributed by atoms with van der Waals surface area (Å²) < 4.78 is 13.3. The summed E-state index contributed by atoms with van der Waals surface area (Å²) in [6, 6.07) is 3.72. The van der Waals surface area contributed by atoms with Crippen molar-refractivity contribution in [2.24, 2.45) is 0 Å². The van der Waals surface area contributed by atoms with Gasteiger partial charge in [0.2, 0.25) is 0 Å². The SMILES string of the molecule is CCN1CCN(C(C)CNc2cc(F)ccc2[N+](=O)[O-])CC1. The zero-order valence-electron chi connectivity index (χ0n) is 13.1. The fraction of sp³-hybridized carbons (Fsp3) is 0.600. The van der Waals surface area contributed by atoms with Crippen LogP contribution in [0.25, 0.3) is 0 Å². The molecule has 122 valence electrons. The third-order valence-electron chi connectivity index (χ3n) is 4.22. The number of rotatable bonds is 6. The van der Waals surface area contributed by atoms with Crippen molar-refractivity contribution in [3.05, 3.63) is 34.1 Å². The largest absolute Gasteiger partial charge is 0.378 e. The van der Waals surface area contributed by atoms with Gasteiger partial charge < -0.3 is 10.2 Å². The molecule has 6 nitrogen and oxygen atoms in total. The van der Waals surface area contributed by atoms with Gasteiger partial charge in [-0.2, -0.15) is 0 Å². The van der Waals surface area contributed by atoms with Gasteiger partial charge in [-0.25, -0.2) is 4.39 Å². The number of anilines is 1. The number of hydrogen-bond donors (Lipinski definition) is 1. The highest BCUT2D eigenvalue weighted by Crippen LogP contribution is 2.25. The molecule has 22 heavy (non-hydrogen) atoms. The van der Waals surface area contributed by atoms with Crippen LogP contribution in [0, 0.1) is 15.9 Å². The van der Waals surface area contributed by atoms with Crippen LogP contribution in [0.4, 0.5) is 15.8 Å². The molecule has 1 aliphatic heterocycles. The number of likely N-dealkylation sites (N-methyl/N-ethyl adjacent to an activating group) is 1. The van der Waals surface area contributed by atoms with Crippen LogP contribution in [0.3, 0.4) is 0 Å². The summed E-state index contributed by atoms with van der Waals surface area (Å²) in [5.74, 6) is -0.475. The summed E-state index contributed by atoms with van der Waals surface area (Å²) >= 11 is 0. The third-order valence-corrected chi connectivity index (χ3v) is 4.22. The molecule has 0 radical (unpaired) electrons. The summed E-state index contributed by atoms with van der Waals surface area (Å²) in [4.78, 5) is 15.2. The molecule has 1 N–H and O–H groups in total. The highest BCUT2D eigenvalue weighted by Gasteiger charge is 2.21. The Morgan fingerprint density at radius 2 is 2.05 bits per heavy atom. The molecule has 0 amide bonds. The minimum Gasteiger partial charge on any atom is -0.378 e. The standard InChI is InChI=1S/C15H23FN4O2/c1-3-18-6-8-19(9-7-18)12(2)11-17-14-10-13(16)4-5-15(14)20(21)22/h4-5,10,12,17H,3,6-9,11H2,1-2H3. The quantitative estimate of drug-likeness (QED) is 0.644. The van der Waals surface area contributed by atoms with Crippen LogP contribution >= 0.6 is 0 Å². The van der Waals surface area contributed by atoms with Crippen LogP contribution in [0.1, 0.15) is 13.8 Å². The summed E-state index contributed by atoms with van der Waals surface area (Å²) in [5.41, 5.74) is 0.147. The molecule has 0 spiro atoms. The minimum absolute atomic E-state index is 0.0931. The molecule has 1 saturated heterocycles. The van der Waals surface area contributed by atoms with Gasteiger partial charge in [0, 0.05) is 50.9 Å². The molecule has 1 heterocycles. The molecule has 7 heteroatoms. The van der Waals surface area contributed by atoms with Crippen molar-refractivity contribution in [3.8, 4) is 0 Å². The molecular formula is C15H23FN4O2. The van der Waals surface area contributed by atoms with E-state index >= 15 is 0 Å². The lowest BCUT2D eigenvalue weighted by molar-refractivity contribution is -0.384. The Morgan fingerprint density at radius 3 is 2.64 bits per heavy atom. The van der Waals surface area contributed by atoms with Gasteiger partial charge in [-0.1, -0.05) is 6.92 Å². The van der Waals surface area contributed by atoms with Crippen LogP contribution in [0.5, 0.6) is 0 Å². The summed E-state index contributed by atoms with van der Waals surface area (Å²) in [6.07, 6.45) is 0. The van der Waals surface area contributed by atoms with Gasteiger partial charge in [-0.3, -0.25) is 15.0 Å². The molecule has 0 saturated carbocycles. The maximum atomic E-state index is 13.3. The van der Waals surface area contributed by atoms with Crippen molar-refractivity contribution in [1.29, 1.82) is 0 Å². The van der Waals surface area contributed by atoms with Crippen molar-refractivity contribution in [1.82, 2.24) is 9.80 Å². The minimum atomic E-state index is -0.494. The third kappa shape index (κ3) is 4.14. The lowest BCUT2D eigenvalue weighted by Crippen LogP contribution is -2.51. The zero-order valence-corrected chi connectivity index (χ0v) is 13.1. The lowest BCUT2D eigenvalue weighted by Gasteiger charge is -2.37. The first kappa shape index (κ1) is 16.6. The van der Waals surface area contributed by atoms with Crippen LogP contribution in [-0.2, 0) is 0 Å². The number of nitro benzene ring substituents is 1. The van der Waals surface area contributed by atoms with Gasteiger partial charge in [0.05, 0.1) is 4.92 Å². The van der Waals surface area contributed by atoms with Crippen LogP contribution < -0.4 is 5.32 Å². The normalized spacial score (nSPS) is 18.1. The smallest absolute Gasteiger partial charge is 0.292 e. The van der Waals surface area contributed by atoms with E-state index < -0.39 is 10.7 Å². The molecule has 1 aromatic carbocycles. The number of benzene rings is 1. The van der Waals surface area contributed by atoms with Gasteiger partial charge in [0.25, 0.3) is 5.69 Å². The number of nitro groups is 1. The topological polar surface area (TPSA) is 61.6 Å². The molecule has 0 aromatic heterocycles. The summed E-state index contributed by atoms with van der Waals surface area (Å²) in [7, 11) is 0. The Hall–Kier alpha value is -1.73. The van der Waals surface area contributed by atoms with E-state index in [1.165, 1.54) is 12.1 Å². The molecule has 1 unspecified atom stereocenters. The van der Waals surface area contributed by atoms with E-state index in [4.69, 9.17) is 0 Å². The van der Waals surface area contributed by atoms with Crippen LogP contribution in [0.2, 0.25) is 0 Å². The van der Waals surface area contributed by atoms with Crippen molar-refractivity contribution >= 4 is 11.4 Å². The number of piperazine rings is 1. The molecule has 1 fully saturated rings. The van der Waals surface area contributed by atoms with Crippen molar-refractivity contribution < 1.29 is 9.31 Å². The second-order valence-electron chi connectivity index (χ2n) is 5.62. The first-order chi connectivity index (χ1) is 10.5. The lowest BCUT2D eigenvalue weighted by atomic mass is 10.2. The fourth-order valence-corrected chi connectivity index (χ4v) is 2.72. The molecule has 1 aliphatic rings.